The summed E-state index contributed by atoms with van der Waals surface area (Å²) < 4.78 is 5.97. The number of anilines is 2. The number of hydrogen-bond donors (Lipinski definition) is 1. The second-order valence-corrected chi connectivity index (χ2v) is 5.87. The van der Waals surface area contributed by atoms with Crippen LogP contribution in [0.4, 0.5) is 11.4 Å². The van der Waals surface area contributed by atoms with Gasteiger partial charge in [-0.05, 0) is 25.0 Å². The van der Waals surface area contributed by atoms with Gasteiger partial charge in [0.2, 0.25) is 0 Å². The van der Waals surface area contributed by atoms with E-state index in [9.17, 15) is 4.79 Å². The first-order valence-electron chi connectivity index (χ1n) is 8.33. The van der Waals surface area contributed by atoms with E-state index >= 15 is 0 Å². The Morgan fingerprint density at radius 3 is 2.73 bits per heavy atom. The minimum Gasteiger partial charge on any atom is -0.478 e. The molecule has 1 aromatic rings. The van der Waals surface area contributed by atoms with Crippen LogP contribution in [-0.4, -0.2) is 44.7 Å². The lowest BCUT2D eigenvalue weighted by Crippen LogP contribution is -2.48. The summed E-state index contributed by atoms with van der Waals surface area (Å²) in [5.74, 6) is 0.940. The molecule has 0 bridgehead atoms. The molecule has 2 heterocycles. The predicted molar refractivity (Wildman–Crippen MR) is 88.9 cm³/mol. The highest BCUT2D eigenvalue weighted by molar-refractivity contribution is 6.03. The molecule has 3 rings (SSSR count). The highest BCUT2D eigenvalue weighted by Gasteiger charge is 2.35. The van der Waals surface area contributed by atoms with Gasteiger partial charge in [-0.3, -0.25) is 4.79 Å². The summed E-state index contributed by atoms with van der Waals surface area (Å²) in [6.07, 6.45) is 1.30. The number of nitrogens with zero attached hydrogens (tertiary/aromatic N) is 2. The average Bonchev–Trinajstić information content (AvgIpc) is 2.57. The van der Waals surface area contributed by atoms with Crippen molar-refractivity contribution in [1.29, 1.82) is 0 Å². The van der Waals surface area contributed by atoms with E-state index in [2.05, 4.69) is 23.2 Å². The van der Waals surface area contributed by atoms with Crippen LogP contribution in [0, 0.1) is 0 Å². The number of hydrogen-bond acceptors (Lipinski definition) is 4. The van der Waals surface area contributed by atoms with Crippen LogP contribution in [0.5, 0.6) is 5.75 Å². The molecule has 1 atom stereocenters. The molecule has 22 heavy (non-hydrogen) atoms. The lowest BCUT2D eigenvalue weighted by Gasteiger charge is -2.39. The van der Waals surface area contributed by atoms with Crippen molar-refractivity contribution < 1.29 is 9.53 Å². The molecule has 1 amide bonds. The van der Waals surface area contributed by atoms with Crippen molar-refractivity contribution in [3.63, 3.8) is 0 Å². The lowest BCUT2D eigenvalue weighted by atomic mass is 10.1. The van der Waals surface area contributed by atoms with Crippen molar-refractivity contribution in [2.24, 2.45) is 0 Å². The van der Waals surface area contributed by atoms with Gasteiger partial charge in [0.1, 0.15) is 11.4 Å². The maximum absolute atomic E-state index is 12.7. The predicted octanol–water partition coefficient (Wildman–Crippen LogP) is 2.01. The largest absolute Gasteiger partial charge is 0.478 e. The summed E-state index contributed by atoms with van der Waals surface area (Å²) in [4.78, 5) is 17.0. The van der Waals surface area contributed by atoms with E-state index in [1.165, 1.54) is 0 Å². The van der Waals surface area contributed by atoms with E-state index in [4.69, 9.17) is 4.74 Å². The Hall–Kier alpha value is -1.75. The van der Waals surface area contributed by atoms with Crippen LogP contribution in [0.1, 0.15) is 26.7 Å². The van der Waals surface area contributed by atoms with Gasteiger partial charge in [0, 0.05) is 32.7 Å². The van der Waals surface area contributed by atoms with Crippen LogP contribution in [0.2, 0.25) is 0 Å². The molecule has 2 aliphatic rings. The fourth-order valence-electron chi connectivity index (χ4n) is 3.23. The Morgan fingerprint density at radius 1 is 1.27 bits per heavy atom. The zero-order chi connectivity index (χ0) is 15.5. The fraction of sp³-hybridized carbons (Fsp3) is 0.588. The van der Waals surface area contributed by atoms with Gasteiger partial charge in [-0.15, -0.1) is 0 Å². The van der Waals surface area contributed by atoms with E-state index in [-0.39, 0.29) is 12.0 Å². The maximum Gasteiger partial charge on any atom is 0.268 e. The second kappa shape index (κ2) is 6.57. The Labute approximate surface area is 132 Å². The number of carbonyl (C=O) groups is 1. The molecule has 0 spiro atoms. The summed E-state index contributed by atoms with van der Waals surface area (Å²) in [7, 11) is 0. The first-order chi connectivity index (χ1) is 10.8. The SMILES string of the molecule is CCCN1C(=O)C(CC)Oc2cccc(N3CCNCC3)c21. The highest BCUT2D eigenvalue weighted by atomic mass is 16.5. The molecule has 5 nitrogen and oxygen atoms in total. The van der Waals surface area contributed by atoms with E-state index in [0.717, 1.165) is 56.3 Å². The highest BCUT2D eigenvalue weighted by Crippen LogP contribution is 2.42. The van der Waals surface area contributed by atoms with Crippen molar-refractivity contribution in [3.05, 3.63) is 18.2 Å². The molecule has 1 N–H and O–H groups in total. The molecule has 0 radical (unpaired) electrons. The third-order valence-electron chi connectivity index (χ3n) is 4.33. The molecule has 0 saturated carbocycles. The van der Waals surface area contributed by atoms with Crippen LogP contribution in [0.25, 0.3) is 0 Å². The molecule has 0 aliphatic carbocycles. The van der Waals surface area contributed by atoms with Crippen LogP contribution in [0.15, 0.2) is 18.2 Å². The third-order valence-corrected chi connectivity index (χ3v) is 4.33. The van der Waals surface area contributed by atoms with Crippen molar-refractivity contribution in [2.75, 3.05) is 42.5 Å². The van der Waals surface area contributed by atoms with Gasteiger partial charge in [-0.1, -0.05) is 19.9 Å². The zero-order valence-corrected chi connectivity index (χ0v) is 13.5. The molecule has 1 saturated heterocycles. The van der Waals surface area contributed by atoms with E-state index in [1.807, 2.05) is 24.0 Å². The van der Waals surface area contributed by atoms with Crippen LogP contribution < -0.4 is 19.9 Å². The van der Waals surface area contributed by atoms with Gasteiger partial charge in [-0.25, -0.2) is 0 Å². The van der Waals surface area contributed by atoms with Gasteiger partial charge in [0.15, 0.2) is 6.10 Å². The van der Waals surface area contributed by atoms with E-state index in [1.54, 1.807) is 0 Å². The second-order valence-electron chi connectivity index (χ2n) is 5.87. The molecule has 1 aromatic carbocycles. The normalized spacial score (nSPS) is 21.5. The number of carbonyl (C=O) groups excluding carboxylic acids is 1. The third kappa shape index (κ3) is 2.65. The number of nitrogens with one attached hydrogen (secondary N) is 1. The van der Waals surface area contributed by atoms with Crippen LogP contribution in [0.3, 0.4) is 0 Å². The number of rotatable bonds is 4. The topological polar surface area (TPSA) is 44.8 Å². The molecule has 120 valence electrons. The monoisotopic (exact) mass is 303 g/mol. The van der Waals surface area contributed by atoms with Crippen molar-refractivity contribution in [1.82, 2.24) is 5.32 Å². The van der Waals surface area contributed by atoms with Crippen LogP contribution >= 0.6 is 0 Å². The number of piperazine rings is 1. The molecule has 1 fully saturated rings. The first-order valence-corrected chi connectivity index (χ1v) is 8.33. The van der Waals surface area contributed by atoms with E-state index in [0.29, 0.717) is 6.42 Å². The van der Waals surface area contributed by atoms with Gasteiger partial charge in [0.25, 0.3) is 5.91 Å². The Balaban J connectivity index is 2.02. The standard InChI is InChI=1S/C17H25N3O2/c1-3-10-20-16-13(19-11-8-18-9-12-19)6-5-7-15(16)22-14(4-2)17(20)21/h5-7,14,18H,3-4,8-12H2,1-2H3. The number of ether oxygens (including phenoxy) is 1. The lowest BCUT2D eigenvalue weighted by molar-refractivity contribution is -0.126. The zero-order valence-electron chi connectivity index (χ0n) is 13.5. The first kappa shape index (κ1) is 15.2. The van der Waals surface area contributed by atoms with E-state index < -0.39 is 0 Å². The Kier molecular flexibility index (Phi) is 4.52. The molecule has 0 aromatic heterocycles. The molecule has 5 heteroatoms. The van der Waals surface area contributed by atoms with Gasteiger partial charge in [0.05, 0.1) is 5.69 Å². The number of para-hydroxylation sites is 1. The van der Waals surface area contributed by atoms with Crippen molar-refractivity contribution in [2.45, 2.75) is 32.8 Å². The van der Waals surface area contributed by atoms with Crippen molar-refractivity contribution in [3.8, 4) is 5.75 Å². The Morgan fingerprint density at radius 2 is 2.05 bits per heavy atom. The summed E-state index contributed by atoms with van der Waals surface area (Å²) in [5.41, 5.74) is 2.08. The minimum absolute atomic E-state index is 0.0967. The Bertz CT molecular complexity index is 541. The van der Waals surface area contributed by atoms with Crippen LogP contribution in [-0.2, 0) is 4.79 Å². The van der Waals surface area contributed by atoms with Crippen molar-refractivity contribution >= 4 is 17.3 Å². The smallest absolute Gasteiger partial charge is 0.268 e. The maximum atomic E-state index is 12.7. The summed E-state index contributed by atoms with van der Waals surface area (Å²) >= 11 is 0. The molecular weight excluding hydrogens is 278 g/mol. The summed E-state index contributed by atoms with van der Waals surface area (Å²) in [6.45, 7) is 8.72. The molecular formula is C17H25N3O2. The summed E-state index contributed by atoms with van der Waals surface area (Å²) in [5, 5.41) is 3.37. The fourth-order valence-corrected chi connectivity index (χ4v) is 3.23. The minimum atomic E-state index is -0.350. The average molecular weight is 303 g/mol. The van der Waals surface area contributed by atoms with Gasteiger partial charge < -0.3 is 19.9 Å². The quantitative estimate of drug-likeness (QED) is 0.924. The number of fused-ring (bicyclic) bond motifs is 1. The summed E-state index contributed by atoms with van der Waals surface area (Å²) in [6, 6.07) is 6.12. The molecule has 1 unspecified atom stereocenters. The van der Waals surface area contributed by atoms with Gasteiger partial charge in [-0.2, -0.15) is 0 Å². The number of benzene rings is 1. The van der Waals surface area contributed by atoms with Gasteiger partial charge >= 0.3 is 0 Å². The molecule has 2 aliphatic heterocycles. The number of amides is 1.